The van der Waals surface area contributed by atoms with Gasteiger partial charge in [0, 0.05) is 11.2 Å². The van der Waals surface area contributed by atoms with Crippen LogP contribution in [0.15, 0.2) is 79.0 Å². The summed E-state index contributed by atoms with van der Waals surface area (Å²) in [6.45, 7) is -0.413. The molecular formula is C21H17ClN2O3. The van der Waals surface area contributed by atoms with Crippen LogP contribution in [0.2, 0.25) is 5.02 Å². The lowest BCUT2D eigenvalue weighted by molar-refractivity contribution is -0.124. The second-order valence-corrected chi connectivity index (χ2v) is 6.19. The van der Waals surface area contributed by atoms with Gasteiger partial charge in [-0.2, -0.15) is 0 Å². The number of halogens is 1. The number of nitrogens with zero attached hydrogens (tertiary/aromatic N) is 1. The van der Waals surface area contributed by atoms with E-state index in [-0.39, 0.29) is 11.7 Å². The van der Waals surface area contributed by atoms with Crippen molar-refractivity contribution in [3.8, 4) is 0 Å². The highest BCUT2D eigenvalue weighted by Crippen LogP contribution is 2.21. The molecular weight excluding hydrogens is 364 g/mol. The van der Waals surface area contributed by atoms with Crippen molar-refractivity contribution in [2.75, 3.05) is 6.61 Å². The average Bonchev–Trinajstić information content (AvgIpc) is 2.71. The lowest BCUT2D eigenvalue weighted by Gasteiger charge is -2.19. The van der Waals surface area contributed by atoms with Gasteiger partial charge in [0.15, 0.2) is 6.61 Å². The molecule has 0 aliphatic carbocycles. The largest absolute Gasteiger partial charge is 0.451 e. The number of nitrogens with one attached hydrogen (secondary N) is 1. The zero-order chi connectivity index (χ0) is 19.1. The van der Waals surface area contributed by atoms with E-state index in [2.05, 4.69) is 10.3 Å². The maximum absolute atomic E-state index is 12.4. The van der Waals surface area contributed by atoms with Crippen LogP contribution >= 0.6 is 11.6 Å². The van der Waals surface area contributed by atoms with Crippen LogP contribution in [0.5, 0.6) is 0 Å². The van der Waals surface area contributed by atoms with E-state index in [4.69, 9.17) is 16.3 Å². The molecule has 3 aromatic rings. The van der Waals surface area contributed by atoms with Crippen LogP contribution in [-0.4, -0.2) is 23.5 Å². The molecule has 2 aromatic carbocycles. The number of carbonyl (C=O) groups is 2. The van der Waals surface area contributed by atoms with Gasteiger partial charge in [0.25, 0.3) is 5.91 Å². The van der Waals surface area contributed by atoms with Crippen molar-refractivity contribution in [3.05, 3.63) is 101 Å². The first-order valence-corrected chi connectivity index (χ1v) is 8.69. The maximum atomic E-state index is 12.4. The molecule has 0 atom stereocenters. The van der Waals surface area contributed by atoms with Crippen molar-refractivity contribution in [1.82, 2.24) is 10.3 Å². The highest BCUT2D eigenvalue weighted by Gasteiger charge is 2.18. The van der Waals surface area contributed by atoms with Crippen molar-refractivity contribution >= 4 is 23.5 Å². The summed E-state index contributed by atoms with van der Waals surface area (Å²) in [5, 5.41) is 3.28. The van der Waals surface area contributed by atoms with Gasteiger partial charge >= 0.3 is 5.97 Å². The number of hydrogen-bond donors (Lipinski definition) is 1. The summed E-state index contributed by atoms with van der Waals surface area (Å²) in [5.74, 6) is -1.12. The molecule has 0 unspecified atom stereocenters. The first-order valence-electron chi connectivity index (χ1n) is 8.31. The third-order valence-electron chi connectivity index (χ3n) is 3.84. The summed E-state index contributed by atoms with van der Waals surface area (Å²) in [6, 6.07) is 21.8. The predicted octanol–water partition coefficient (Wildman–Crippen LogP) is 3.80. The van der Waals surface area contributed by atoms with E-state index in [1.54, 1.807) is 6.07 Å². The fraction of sp³-hybridized carbons (Fsp3) is 0.0952. The van der Waals surface area contributed by atoms with Crippen molar-refractivity contribution in [2.45, 2.75) is 6.04 Å². The Morgan fingerprint density at radius 3 is 2.11 bits per heavy atom. The molecule has 0 aliphatic rings. The van der Waals surface area contributed by atoms with Gasteiger partial charge in [-0.05, 0) is 23.3 Å². The molecule has 0 radical (unpaired) electrons. The lowest BCUT2D eigenvalue weighted by Crippen LogP contribution is -2.33. The molecule has 1 heterocycles. The molecule has 1 N–H and O–H groups in total. The maximum Gasteiger partial charge on any atom is 0.357 e. The summed E-state index contributed by atoms with van der Waals surface area (Å²) >= 11 is 5.83. The van der Waals surface area contributed by atoms with Crippen LogP contribution in [0.1, 0.15) is 27.7 Å². The van der Waals surface area contributed by atoms with Gasteiger partial charge in [-0.3, -0.25) is 4.79 Å². The Bertz CT molecular complexity index is 877. The Morgan fingerprint density at radius 1 is 0.963 bits per heavy atom. The number of amides is 1. The van der Waals surface area contributed by atoms with E-state index in [1.165, 1.54) is 12.3 Å². The molecule has 1 aromatic heterocycles. The standard InChI is InChI=1S/C21H17ClN2O3/c22-17-11-12-23-18(13-17)21(26)27-14-19(25)24-20(15-7-3-1-4-8-15)16-9-5-2-6-10-16/h1-13,20H,14H2,(H,24,25). The average molecular weight is 381 g/mol. The highest BCUT2D eigenvalue weighted by atomic mass is 35.5. The van der Waals surface area contributed by atoms with E-state index in [9.17, 15) is 9.59 Å². The minimum Gasteiger partial charge on any atom is -0.451 e. The number of rotatable bonds is 6. The first-order chi connectivity index (χ1) is 13.1. The van der Waals surface area contributed by atoms with E-state index in [0.717, 1.165) is 11.1 Å². The molecule has 1 amide bonds. The Balaban J connectivity index is 1.67. The molecule has 0 aliphatic heterocycles. The Hall–Kier alpha value is -3.18. The minimum atomic E-state index is -0.705. The Kier molecular flexibility index (Phi) is 6.18. The lowest BCUT2D eigenvalue weighted by atomic mass is 9.99. The van der Waals surface area contributed by atoms with Crippen molar-refractivity contribution in [1.29, 1.82) is 0 Å². The van der Waals surface area contributed by atoms with E-state index >= 15 is 0 Å². The topological polar surface area (TPSA) is 68.3 Å². The van der Waals surface area contributed by atoms with E-state index in [1.807, 2.05) is 60.7 Å². The van der Waals surface area contributed by atoms with Crippen LogP contribution < -0.4 is 5.32 Å². The number of benzene rings is 2. The molecule has 0 fully saturated rings. The van der Waals surface area contributed by atoms with Gasteiger partial charge in [0.05, 0.1) is 6.04 Å². The molecule has 0 spiro atoms. The van der Waals surface area contributed by atoms with Crippen molar-refractivity contribution in [2.24, 2.45) is 0 Å². The van der Waals surface area contributed by atoms with E-state index in [0.29, 0.717) is 5.02 Å². The molecule has 5 nitrogen and oxygen atoms in total. The van der Waals surface area contributed by atoms with E-state index < -0.39 is 18.5 Å². The van der Waals surface area contributed by atoms with Gasteiger partial charge in [-0.25, -0.2) is 9.78 Å². The summed E-state index contributed by atoms with van der Waals surface area (Å²) in [4.78, 5) is 28.3. The molecule has 3 rings (SSSR count). The molecule has 6 heteroatoms. The van der Waals surface area contributed by atoms with Crippen molar-refractivity contribution < 1.29 is 14.3 Å². The van der Waals surface area contributed by atoms with Crippen LogP contribution in [0.25, 0.3) is 0 Å². The number of esters is 1. The van der Waals surface area contributed by atoms with Crippen LogP contribution in [0.4, 0.5) is 0 Å². The molecule has 27 heavy (non-hydrogen) atoms. The summed E-state index contributed by atoms with van der Waals surface area (Å²) < 4.78 is 5.05. The first kappa shape index (κ1) is 18.6. The monoisotopic (exact) mass is 380 g/mol. The van der Waals surface area contributed by atoms with Gasteiger partial charge < -0.3 is 10.1 Å². The van der Waals surface area contributed by atoms with Gasteiger partial charge in [-0.15, -0.1) is 0 Å². The van der Waals surface area contributed by atoms with Gasteiger partial charge in [0.1, 0.15) is 5.69 Å². The molecule has 0 saturated carbocycles. The minimum absolute atomic E-state index is 0.0537. The quantitative estimate of drug-likeness (QED) is 0.660. The normalized spacial score (nSPS) is 10.4. The molecule has 0 saturated heterocycles. The third-order valence-corrected chi connectivity index (χ3v) is 4.07. The van der Waals surface area contributed by atoms with Crippen LogP contribution in [0, 0.1) is 0 Å². The predicted molar refractivity (Wildman–Crippen MR) is 102 cm³/mol. The fourth-order valence-electron chi connectivity index (χ4n) is 2.57. The van der Waals surface area contributed by atoms with Crippen molar-refractivity contribution in [3.63, 3.8) is 0 Å². The number of pyridine rings is 1. The number of carbonyl (C=O) groups excluding carboxylic acids is 2. The highest BCUT2D eigenvalue weighted by molar-refractivity contribution is 6.30. The molecule has 0 bridgehead atoms. The number of hydrogen-bond acceptors (Lipinski definition) is 4. The second kappa shape index (κ2) is 8.96. The Morgan fingerprint density at radius 2 is 1.56 bits per heavy atom. The zero-order valence-corrected chi connectivity index (χ0v) is 15.1. The number of ether oxygens (including phenoxy) is 1. The summed E-state index contributed by atoms with van der Waals surface area (Å²) in [7, 11) is 0. The fourth-order valence-corrected chi connectivity index (χ4v) is 2.73. The molecule has 136 valence electrons. The second-order valence-electron chi connectivity index (χ2n) is 5.76. The van der Waals surface area contributed by atoms with Gasteiger partial charge in [0.2, 0.25) is 0 Å². The SMILES string of the molecule is O=C(COC(=O)c1cc(Cl)ccn1)NC(c1ccccc1)c1ccccc1. The van der Waals surface area contributed by atoms with Crippen LogP contribution in [-0.2, 0) is 9.53 Å². The third kappa shape index (κ3) is 5.15. The number of aromatic nitrogens is 1. The zero-order valence-electron chi connectivity index (χ0n) is 14.3. The summed E-state index contributed by atoms with van der Waals surface area (Å²) in [6.07, 6.45) is 1.40. The smallest absolute Gasteiger partial charge is 0.357 e. The van der Waals surface area contributed by atoms with Crippen LogP contribution in [0.3, 0.4) is 0 Å². The summed E-state index contributed by atoms with van der Waals surface area (Å²) in [5.41, 5.74) is 1.91. The Labute approximate surface area is 162 Å². The van der Waals surface area contributed by atoms with Gasteiger partial charge in [-0.1, -0.05) is 72.3 Å².